The number of aromatic nitrogens is 1. The van der Waals surface area contributed by atoms with Gasteiger partial charge in [0.1, 0.15) is 0 Å². The van der Waals surface area contributed by atoms with Crippen LogP contribution in [-0.2, 0) is 11.2 Å². The van der Waals surface area contributed by atoms with Gasteiger partial charge in [0.25, 0.3) is 0 Å². The third kappa shape index (κ3) is 6.29. The molecule has 3 rings (SSSR count). The van der Waals surface area contributed by atoms with E-state index in [0.29, 0.717) is 6.04 Å². The molecule has 2 aromatic heterocycles. The number of hydrogen-bond donors (Lipinski definition) is 2. The van der Waals surface area contributed by atoms with Gasteiger partial charge in [-0.15, -0.1) is 11.3 Å². The Morgan fingerprint density at radius 3 is 2.79 bits per heavy atom. The molecule has 1 aliphatic heterocycles. The Hall–Kier alpha value is -1.96. The summed E-state index contributed by atoms with van der Waals surface area (Å²) in [6.45, 7) is 10.2. The molecule has 152 valence electrons. The lowest BCUT2D eigenvalue weighted by Crippen LogP contribution is -2.42. The van der Waals surface area contributed by atoms with Crippen molar-refractivity contribution in [1.29, 1.82) is 0 Å². The van der Waals surface area contributed by atoms with Crippen molar-refractivity contribution in [2.24, 2.45) is 4.99 Å². The number of pyridine rings is 1. The highest BCUT2D eigenvalue weighted by Crippen LogP contribution is 2.28. The van der Waals surface area contributed by atoms with Crippen molar-refractivity contribution in [1.82, 2.24) is 20.5 Å². The van der Waals surface area contributed by atoms with Crippen molar-refractivity contribution in [3.05, 3.63) is 52.0 Å². The summed E-state index contributed by atoms with van der Waals surface area (Å²) in [5.74, 6) is 0.866. The van der Waals surface area contributed by atoms with Gasteiger partial charge in [0, 0.05) is 54.2 Å². The van der Waals surface area contributed by atoms with Crippen molar-refractivity contribution >= 4 is 17.3 Å². The highest BCUT2D eigenvalue weighted by molar-refractivity contribution is 7.12. The molecule has 0 bridgehead atoms. The van der Waals surface area contributed by atoms with Gasteiger partial charge in [0.05, 0.1) is 25.8 Å². The van der Waals surface area contributed by atoms with Gasteiger partial charge in [-0.1, -0.05) is 6.07 Å². The Labute approximate surface area is 172 Å². The van der Waals surface area contributed by atoms with Gasteiger partial charge in [-0.2, -0.15) is 0 Å². The van der Waals surface area contributed by atoms with E-state index in [0.717, 1.165) is 64.0 Å². The summed E-state index contributed by atoms with van der Waals surface area (Å²) >= 11 is 1.87. The standard InChI is InChI=1S/C21H31N5OS/c1-3-22-21(24-11-9-18-6-4-5-10-23-18)25-16-19(20-8-7-17(2)28-20)26-12-14-27-15-13-26/h4-8,10,19H,3,9,11-16H2,1-2H3,(H2,22,24,25). The summed E-state index contributed by atoms with van der Waals surface area (Å²) in [6.07, 6.45) is 2.72. The molecule has 7 heteroatoms. The molecule has 1 unspecified atom stereocenters. The second-order valence-electron chi connectivity index (χ2n) is 6.83. The first-order valence-electron chi connectivity index (χ1n) is 10.1. The lowest BCUT2D eigenvalue weighted by atomic mass is 10.2. The number of morpholine rings is 1. The molecule has 3 heterocycles. The molecule has 0 saturated carbocycles. The number of hydrogen-bond acceptors (Lipinski definition) is 5. The molecule has 1 aliphatic rings. The summed E-state index contributed by atoms with van der Waals surface area (Å²) in [4.78, 5) is 14.5. The lowest BCUT2D eigenvalue weighted by Gasteiger charge is -2.33. The average molecular weight is 402 g/mol. The molecule has 1 saturated heterocycles. The molecule has 2 N–H and O–H groups in total. The van der Waals surface area contributed by atoms with Crippen molar-refractivity contribution in [3.8, 4) is 0 Å². The lowest BCUT2D eigenvalue weighted by molar-refractivity contribution is 0.0186. The van der Waals surface area contributed by atoms with Crippen molar-refractivity contribution in [2.45, 2.75) is 26.3 Å². The molecule has 1 atom stereocenters. The zero-order chi connectivity index (χ0) is 19.6. The van der Waals surface area contributed by atoms with Crippen LogP contribution < -0.4 is 10.6 Å². The van der Waals surface area contributed by atoms with Crippen LogP contribution in [0.4, 0.5) is 0 Å². The van der Waals surface area contributed by atoms with E-state index in [1.807, 2.05) is 29.7 Å². The maximum absolute atomic E-state index is 5.55. The summed E-state index contributed by atoms with van der Waals surface area (Å²) in [5.41, 5.74) is 1.09. The highest BCUT2D eigenvalue weighted by atomic mass is 32.1. The molecule has 28 heavy (non-hydrogen) atoms. The first kappa shape index (κ1) is 20.8. The molecule has 1 fully saturated rings. The van der Waals surface area contributed by atoms with E-state index in [1.165, 1.54) is 9.75 Å². The fraction of sp³-hybridized carbons (Fsp3) is 0.524. The Morgan fingerprint density at radius 2 is 2.11 bits per heavy atom. The number of guanidine groups is 1. The van der Waals surface area contributed by atoms with Crippen LogP contribution in [0.5, 0.6) is 0 Å². The predicted molar refractivity (Wildman–Crippen MR) is 116 cm³/mol. The minimum atomic E-state index is 0.300. The minimum absolute atomic E-state index is 0.300. The monoisotopic (exact) mass is 401 g/mol. The first-order chi connectivity index (χ1) is 13.8. The van der Waals surface area contributed by atoms with Crippen LogP contribution in [0.25, 0.3) is 0 Å². The van der Waals surface area contributed by atoms with E-state index in [4.69, 9.17) is 9.73 Å². The Morgan fingerprint density at radius 1 is 1.25 bits per heavy atom. The number of nitrogens with one attached hydrogen (secondary N) is 2. The van der Waals surface area contributed by atoms with Crippen LogP contribution in [-0.4, -0.2) is 61.8 Å². The molecule has 0 aromatic carbocycles. The largest absolute Gasteiger partial charge is 0.379 e. The van der Waals surface area contributed by atoms with Gasteiger partial charge >= 0.3 is 0 Å². The van der Waals surface area contributed by atoms with E-state index in [9.17, 15) is 0 Å². The maximum atomic E-state index is 5.55. The van der Waals surface area contributed by atoms with Gasteiger partial charge in [-0.05, 0) is 38.1 Å². The van der Waals surface area contributed by atoms with Gasteiger partial charge in [0.15, 0.2) is 5.96 Å². The van der Waals surface area contributed by atoms with Crippen molar-refractivity contribution in [2.75, 3.05) is 45.9 Å². The second kappa shape index (κ2) is 11.1. The van der Waals surface area contributed by atoms with Crippen LogP contribution in [0.1, 0.15) is 28.4 Å². The third-order valence-electron chi connectivity index (χ3n) is 4.74. The number of nitrogens with zero attached hydrogens (tertiary/aromatic N) is 3. The van der Waals surface area contributed by atoms with Gasteiger partial charge < -0.3 is 15.4 Å². The van der Waals surface area contributed by atoms with E-state index in [-0.39, 0.29) is 0 Å². The van der Waals surface area contributed by atoms with Gasteiger partial charge in [0.2, 0.25) is 0 Å². The number of thiophene rings is 1. The highest BCUT2D eigenvalue weighted by Gasteiger charge is 2.23. The zero-order valence-electron chi connectivity index (χ0n) is 16.9. The number of aliphatic imine (C=N–C) groups is 1. The number of rotatable bonds is 8. The molecule has 6 nitrogen and oxygen atoms in total. The maximum Gasteiger partial charge on any atom is 0.191 e. The van der Waals surface area contributed by atoms with E-state index < -0.39 is 0 Å². The van der Waals surface area contributed by atoms with Crippen molar-refractivity contribution < 1.29 is 4.74 Å². The summed E-state index contributed by atoms with van der Waals surface area (Å²) in [5, 5.41) is 6.81. The minimum Gasteiger partial charge on any atom is -0.379 e. The number of ether oxygens (including phenoxy) is 1. The molecule has 0 aliphatic carbocycles. The first-order valence-corrected chi connectivity index (χ1v) is 10.9. The van der Waals surface area contributed by atoms with Crippen LogP contribution in [0.3, 0.4) is 0 Å². The Bertz CT molecular complexity index is 727. The molecule has 0 radical (unpaired) electrons. The SMILES string of the molecule is CCNC(=NCC(c1ccc(C)s1)N1CCOCC1)NCCc1ccccn1. The summed E-state index contributed by atoms with van der Waals surface area (Å²) in [6, 6.07) is 10.8. The summed E-state index contributed by atoms with van der Waals surface area (Å²) in [7, 11) is 0. The smallest absolute Gasteiger partial charge is 0.191 e. The van der Waals surface area contributed by atoms with Gasteiger partial charge in [-0.25, -0.2) is 0 Å². The molecule has 2 aromatic rings. The molecule has 0 spiro atoms. The van der Waals surface area contributed by atoms with E-state index >= 15 is 0 Å². The third-order valence-corrected chi connectivity index (χ3v) is 5.84. The quantitative estimate of drug-likeness (QED) is 0.526. The van der Waals surface area contributed by atoms with E-state index in [1.54, 1.807) is 0 Å². The molecular formula is C21H31N5OS. The van der Waals surface area contributed by atoms with Crippen LogP contribution in [0.15, 0.2) is 41.5 Å². The average Bonchev–Trinajstić information content (AvgIpc) is 3.16. The predicted octanol–water partition coefficient (Wildman–Crippen LogP) is 2.62. The van der Waals surface area contributed by atoms with Crippen LogP contribution in [0.2, 0.25) is 0 Å². The van der Waals surface area contributed by atoms with Crippen LogP contribution in [0, 0.1) is 6.92 Å². The fourth-order valence-corrected chi connectivity index (χ4v) is 4.29. The van der Waals surface area contributed by atoms with E-state index in [2.05, 4.69) is 52.6 Å². The molecular weight excluding hydrogens is 370 g/mol. The van der Waals surface area contributed by atoms with Crippen LogP contribution >= 0.6 is 11.3 Å². The molecule has 0 amide bonds. The zero-order valence-corrected chi connectivity index (χ0v) is 17.7. The normalized spacial score (nSPS) is 16.7. The topological polar surface area (TPSA) is 61.8 Å². The summed E-state index contributed by atoms with van der Waals surface area (Å²) < 4.78 is 5.55. The number of aryl methyl sites for hydroxylation is 1. The second-order valence-corrected chi connectivity index (χ2v) is 8.15. The Kier molecular flexibility index (Phi) is 8.26. The Balaban J connectivity index is 1.63. The van der Waals surface area contributed by atoms with Gasteiger partial charge in [-0.3, -0.25) is 14.9 Å². The van der Waals surface area contributed by atoms with Crippen molar-refractivity contribution in [3.63, 3.8) is 0 Å². The fourth-order valence-electron chi connectivity index (χ4n) is 3.28.